The first-order valence-electron chi connectivity index (χ1n) is 6.44. The third kappa shape index (κ3) is 3.23. The minimum Gasteiger partial charge on any atom is -0.356 e. The SMILES string of the molecule is Cc1ccc(S(=O)(=O)N2SC(N(C)C)=NC2N(C)C)cc1. The predicted octanol–water partition coefficient (Wildman–Crippen LogP) is 1.41. The number of aliphatic imine (C=N–C) groups is 1. The van der Waals surface area contributed by atoms with E-state index in [9.17, 15) is 8.42 Å². The van der Waals surface area contributed by atoms with Crippen molar-refractivity contribution in [2.45, 2.75) is 18.1 Å². The molecule has 0 amide bonds. The van der Waals surface area contributed by atoms with Gasteiger partial charge in [-0.2, -0.15) is 0 Å². The second-order valence-electron chi connectivity index (χ2n) is 5.28. The first-order chi connectivity index (χ1) is 9.73. The fourth-order valence-electron chi connectivity index (χ4n) is 1.79. The highest BCUT2D eigenvalue weighted by molar-refractivity contribution is 8.18. The molecule has 0 saturated heterocycles. The highest BCUT2D eigenvalue weighted by Gasteiger charge is 2.40. The number of nitrogens with zero attached hydrogens (tertiary/aromatic N) is 4. The van der Waals surface area contributed by atoms with Crippen molar-refractivity contribution >= 4 is 27.1 Å². The van der Waals surface area contributed by atoms with Crippen molar-refractivity contribution in [3.8, 4) is 0 Å². The molecule has 0 bridgehead atoms. The van der Waals surface area contributed by atoms with Crippen LogP contribution in [0.15, 0.2) is 34.2 Å². The summed E-state index contributed by atoms with van der Waals surface area (Å²) < 4.78 is 27.0. The average molecular weight is 328 g/mol. The Balaban J connectivity index is 2.38. The Morgan fingerprint density at radius 3 is 2.19 bits per heavy atom. The van der Waals surface area contributed by atoms with E-state index in [0.717, 1.165) is 17.5 Å². The predicted molar refractivity (Wildman–Crippen MR) is 86.4 cm³/mol. The molecule has 2 rings (SSSR count). The minimum atomic E-state index is -3.60. The zero-order valence-corrected chi connectivity index (χ0v) is 14.4. The van der Waals surface area contributed by atoms with Crippen LogP contribution in [0.25, 0.3) is 0 Å². The molecule has 1 aromatic rings. The fourth-order valence-corrected chi connectivity index (χ4v) is 4.60. The van der Waals surface area contributed by atoms with E-state index in [0.29, 0.717) is 5.17 Å². The van der Waals surface area contributed by atoms with E-state index in [1.807, 2.05) is 40.0 Å². The lowest BCUT2D eigenvalue weighted by Crippen LogP contribution is -2.40. The van der Waals surface area contributed by atoms with Crippen LogP contribution in [0.1, 0.15) is 5.56 Å². The Bertz CT molecular complexity index is 639. The zero-order valence-electron chi connectivity index (χ0n) is 12.8. The standard InChI is InChI=1S/C13H20N4O2S2/c1-10-6-8-11(9-7-10)21(18,19)17-12(15(2)3)14-13(20-17)16(4)5/h6-9,12H,1-5H3. The minimum absolute atomic E-state index is 0.280. The molecule has 0 spiro atoms. The molecule has 0 saturated carbocycles. The Hall–Kier alpha value is -1.09. The molecule has 0 radical (unpaired) electrons. The first-order valence-corrected chi connectivity index (χ1v) is 8.65. The van der Waals surface area contributed by atoms with Crippen molar-refractivity contribution in [2.24, 2.45) is 4.99 Å². The number of hydrogen-bond donors (Lipinski definition) is 0. The van der Waals surface area contributed by atoms with Crippen LogP contribution in [0.4, 0.5) is 0 Å². The van der Waals surface area contributed by atoms with E-state index in [4.69, 9.17) is 0 Å². The second kappa shape index (κ2) is 5.96. The van der Waals surface area contributed by atoms with Gasteiger partial charge in [0, 0.05) is 26.0 Å². The van der Waals surface area contributed by atoms with Gasteiger partial charge in [0.15, 0.2) is 11.5 Å². The number of benzene rings is 1. The third-order valence-corrected chi connectivity index (χ3v) is 6.33. The van der Waals surface area contributed by atoms with Crippen LogP contribution < -0.4 is 0 Å². The van der Waals surface area contributed by atoms with Crippen LogP contribution in [-0.4, -0.2) is 61.6 Å². The molecule has 8 heteroatoms. The van der Waals surface area contributed by atoms with Gasteiger partial charge in [-0.15, -0.1) is 0 Å². The summed E-state index contributed by atoms with van der Waals surface area (Å²) in [7, 11) is 3.71. The molecule has 0 fully saturated rings. The highest BCUT2D eigenvalue weighted by Crippen LogP contribution is 2.34. The molecule has 1 aromatic carbocycles. The van der Waals surface area contributed by atoms with Gasteiger partial charge in [-0.1, -0.05) is 21.4 Å². The summed E-state index contributed by atoms with van der Waals surface area (Å²) in [6, 6.07) is 6.86. The molecule has 1 aliphatic rings. The van der Waals surface area contributed by atoms with E-state index in [-0.39, 0.29) is 4.90 Å². The van der Waals surface area contributed by atoms with Crippen LogP contribution in [0.3, 0.4) is 0 Å². The lowest BCUT2D eigenvalue weighted by atomic mass is 10.2. The monoisotopic (exact) mass is 328 g/mol. The van der Waals surface area contributed by atoms with Crippen molar-refractivity contribution < 1.29 is 8.42 Å². The summed E-state index contributed by atoms with van der Waals surface area (Å²) in [5.74, 6) is 0. The number of amidine groups is 1. The molecule has 1 atom stereocenters. The molecule has 116 valence electrons. The molecular formula is C13H20N4O2S2. The zero-order chi connectivity index (χ0) is 15.8. The highest BCUT2D eigenvalue weighted by atomic mass is 32.3. The normalized spacial score (nSPS) is 19.9. The maximum atomic E-state index is 12.8. The van der Waals surface area contributed by atoms with Crippen LogP contribution >= 0.6 is 11.9 Å². The largest absolute Gasteiger partial charge is 0.356 e. The number of hydrogen-bond acceptors (Lipinski definition) is 6. The van der Waals surface area contributed by atoms with Gasteiger partial charge >= 0.3 is 0 Å². The van der Waals surface area contributed by atoms with Crippen molar-refractivity contribution in [2.75, 3.05) is 28.2 Å². The molecule has 1 aliphatic heterocycles. The summed E-state index contributed by atoms with van der Waals surface area (Å²) in [5.41, 5.74) is 1.03. The van der Waals surface area contributed by atoms with Crippen LogP contribution in [-0.2, 0) is 10.0 Å². The average Bonchev–Trinajstić information content (AvgIpc) is 2.85. The Kier molecular flexibility index (Phi) is 4.62. The van der Waals surface area contributed by atoms with Crippen molar-refractivity contribution in [1.29, 1.82) is 0 Å². The summed E-state index contributed by atoms with van der Waals surface area (Å²) in [4.78, 5) is 8.32. The van der Waals surface area contributed by atoms with Gasteiger partial charge in [-0.3, -0.25) is 4.90 Å². The summed E-state index contributed by atoms with van der Waals surface area (Å²) in [6.07, 6.45) is -0.543. The Morgan fingerprint density at radius 1 is 1.14 bits per heavy atom. The molecule has 0 N–H and O–H groups in total. The van der Waals surface area contributed by atoms with Gasteiger partial charge in [0.1, 0.15) is 0 Å². The maximum Gasteiger partial charge on any atom is 0.255 e. The van der Waals surface area contributed by atoms with Crippen molar-refractivity contribution in [3.05, 3.63) is 29.8 Å². The topological polar surface area (TPSA) is 56.2 Å². The number of sulfonamides is 1. The molecular weight excluding hydrogens is 308 g/mol. The van der Waals surface area contributed by atoms with Gasteiger partial charge in [-0.25, -0.2) is 13.4 Å². The van der Waals surface area contributed by atoms with Gasteiger partial charge < -0.3 is 4.90 Å². The lowest BCUT2D eigenvalue weighted by molar-refractivity contribution is 0.235. The maximum absolute atomic E-state index is 12.8. The summed E-state index contributed by atoms with van der Waals surface area (Å²) >= 11 is 1.14. The fraction of sp³-hybridized carbons (Fsp3) is 0.462. The van der Waals surface area contributed by atoms with E-state index < -0.39 is 16.3 Å². The first kappa shape index (κ1) is 16.3. The molecule has 21 heavy (non-hydrogen) atoms. The van der Waals surface area contributed by atoms with Crippen LogP contribution in [0.2, 0.25) is 0 Å². The lowest BCUT2D eigenvalue weighted by Gasteiger charge is -2.25. The summed E-state index contributed by atoms with van der Waals surface area (Å²) in [6.45, 7) is 1.93. The number of aryl methyl sites for hydroxylation is 1. The smallest absolute Gasteiger partial charge is 0.255 e. The van der Waals surface area contributed by atoms with Crippen LogP contribution in [0.5, 0.6) is 0 Å². The molecule has 6 nitrogen and oxygen atoms in total. The van der Waals surface area contributed by atoms with Gasteiger partial charge in [-0.05, 0) is 33.2 Å². The van der Waals surface area contributed by atoms with Gasteiger partial charge in [0.2, 0.25) is 0 Å². The van der Waals surface area contributed by atoms with Crippen molar-refractivity contribution in [1.82, 2.24) is 13.5 Å². The molecule has 1 unspecified atom stereocenters. The second-order valence-corrected chi connectivity index (χ2v) is 8.27. The quantitative estimate of drug-likeness (QED) is 0.785. The van der Waals surface area contributed by atoms with E-state index in [1.165, 1.54) is 3.71 Å². The van der Waals surface area contributed by atoms with Crippen molar-refractivity contribution in [3.63, 3.8) is 0 Å². The van der Waals surface area contributed by atoms with E-state index in [2.05, 4.69) is 4.99 Å². The van der Waals surface area contributed by atoms with E-state index in [1.54, 1.807) is 29.2 Å². The summed E-state index contributed by atoms with van der Waals surface area (Å²) in [5, 5.41) is 0.671. The van der Waals surface area contributed by atoms with Gasteiger partial charge in [0.25, 0.3) is 10.0 Å². The number of rotatable bonds is 3. The third-order valence-electron chi connectivity index (χ3n) is 2.99. The van der Waals surface area contributed by atoms with Gasteiger partial charge in [0.05, 0.1) is 4.90 Å². The molecule has 0 aliphatic carbocycles. The Morgan fingerprint density at radius 2 is 1.71 bits per heavy atom. The molecule has 1 heterocycles. The van der Waals surface area contributed by atoms with Crippen LogP contribution in [0, 0.1) is 6.92 Å². The molecule has 0 aromatic heterocycles. The Labute approximate surface area is 130 Å². The van der Waals surface area contributed by atoms with E-state index >= 15 is 0 Å².